The molecule has 1 N–H and O–H groups in total. The fourth-order valence-electron chi connectivity index (χ4n) is 3.18. The van der Waals surface area contributed by atoms with Crippen molar-refractivity contribution in [2.24, 2.45) is 11.8 Å². The molecule has 2 unspecified atom stereocenters. The first-order valence-electron chi connectivity index (χ1n) is 8.29. The van der Waals surface area contributed by atoms with Crippen molar-refractivity contribution >= 4 is 17.5 Å². The molecule has 1 aliphatic carbocycles. The fraction of sp³-hybridized carbons (Fsp3) is 0.500. The van der Waals surface area contributed by atoms with Gasteiger partial charge >= 0.3 is 0 Å². The zero-order valence-corrected chi connectivity index (χ0v) is 13.1. The second kappa shape index (κ2) is 6.82. The summed E-state index contributed by atoms with van der Waals surface area (Å²) < 4.78 is 0. The molecule has 1 aromatic carbocycles. The molecule has 0 aromatic heterocycles. The maximum atomic E-state index is 12.5. The van der Waals surface area contributed by atoms with Crippen LogP contribution in [0.5, 0.6) is 0 Å². The molecule has 23 heavy (non-hydrogen) atoms. The maximum absolute atomic E-state index is 12.5. The van der Waals surface area contributed by atoms with Crippen LogP contribution in [0.15, 0.2) is 24.3 Å². The Bertz CT molecular complexity index is 642. The van der Waals surface area contributed by atoms with Crippen molar-refractivity contribution in [1.29, 1.82) is 5.26 Å². The Hall–Kier alpha value is -2.35. The van der Waals surface area contributed by atoms with Gasteiger partial charge in [-0.25, -0.2) is 0 Å². The molecular formula is C18H21N3O2. The van der Waals surface area contributed by atoms with E-state index in [9.17, 15) is 9.59 Å². The first-order valence-corrected chi connectivity index (χ1v) is 8.29. The number of amides is 2. The number of nitriles is 1. The van der Waals surface area contributed by atoms with Gasteiger partial charge in [-0.1, -0.05) is 18.9 Å². The van der Waals surface area contributed by atoms with Gasteiger partial charge in [-0.2, -0.15) is 5.26 Å². The first kappa shape index (κ1) is 15.5. The highest BCUT2D eigenvalue weighted by molar-refractivity contribution is 5.99. The number of nitrogens with one attached hydrogen (secondary N) is 1. The van der Waals surface area contributed by atoms with E-state index in [2.05, 4.69) is 5.32 Å². The molecule has 2 fully saturated rings. The smallest absolute Gasteiger partial charge is 0.228 e. The number of carbonyl (C=O) groups is 2. The number of hydrogen-bond donors (Lipinski definition) is 1. The largest absolute Gasteiger partial charge is 0.342 e. The molecular weight excluding hydrogens is 290 g/mol. The molecule has 0 spiro atoms. The van der Waals surface area contributed by atoms with E-state index in [1.807, 2.05) is 11.0 Å². The molecule has 1 aliphatic heterocycles. The van der Waals surface area contributed by atoms with E-state index >= 15 is 0 Å². The van der Waals surface area contributed by atoms with E-state index in [0.29, 0.717) is 17.7 Å². The number of carbonyl (C=O) groups excluding carboxylic acids is 2. The Morgan fingerprint density at radius 1 is 1.13 bits per heavy atom. The van der Waals surface area contributed by atoms with Gasteiger partial charge in [0.25, 0.3) is 0 Å². The number of hydrogen-bond acceptors (Lipinski definition) is 3. The van der Waals surface area contributed by atoms with E-state index in [1.54, 1.807) is 24.3 Å². The summed E-state index contributed by atoms with van der Waals surface area (Å²) in [6, 6.07) is 8.88. The second-order valence-corrected chi connectivity index (χ2v) is 6.37. The fourth-order valence-corrected chi connectivity index (χ4v) is 3.18. The van der Waals surface area contributed by atoms with Gasteiger partial charge in [0.1, 0.15) is 0 Å². The molecule has 0 radical (unpaired) electrons. The third-order valence-corrected chi connectivity index (χ3v) is 4.62. The highest BCUT2D eigenvalue weighted by Gasteiger charge is 2.49. The third kappa shape index (κ3) is 3.70. The molecule has 2 aliphatic rings. The number of rotatable bonds is 3. The summed E-state index contributed by atoms with van der Waals surface area (Å²) in [6.45, 7) is 1.65. The standard InChI is InChI=1S/C18H21N3O2/c19-12-13-6-5-7-14(10-13)20-17(22)15-11-16(15)18(23)21-8-3-1-2-4-9-21/h5-7,10,15-16H,1-4,8-9,11H2,(H,20,22). The first-order chi connectivity index (χ1) is 11.2. The molecule has 1 saturated carbocycles. The van der Waals surface area contributed by atoms with E-state index in [1.165, 1.54) is 12.8 Å². The highest BCUT2D eigenvalue weighted by Crippen LogP contribution is 2.41. The Kier molecular flexibility index (Phi) is 4.61. The van der Waals surface area contributed by atoms with Gasteiger partial charge in [-0.3, -0.25) is 9.59 Å². The number of benzene rings is 1. The lowest BCUT2D eigenvalue weighted by Crippen LogP contribution is -2.34. The second-order valence-electron chi connectivity index (χ2n) is 6.37. The molecule has 2 atom stereocenters. The van der Waals surface area contributed by atoms with Crippen LogP contribution in [-0.4, -0.2) is 29.8 Å². The maximum Gasteiger partial charge on any atom is 0.228 e. The molecule has 1 aromatic rings. The summed E-state index contributed by atoms with van der Waals surface area (Å²) >= 11 is 0. The minimum Gasteiger partial charge on any atom is -0.342 e. The number of anilines is 1. The van der Waals surface area contributed by atoms with Crippen LogP contribution in [0, 0.1) is 23.2 Å². The average molecular weight is 311 g/mol. The zero-order valence-electron chi connectivity index (χ0n) is 13.1. The van der Waals surface area contributed by atoms with Crippen LogP contribution in [0.25, 0.3) is 0 Å². The summed E-state index contributed by atoms with van der Waals surface area (Å²) in [5, 5.41) is 11.7. The van der Waals surface area contributed by atoms with Gasteiger partial charge in [-0.05, 0) is 37.5 Å². The SMILES string of the molecule is N#Cc1cccc(NC(=O)C2CC2C(=O)N2CCCCCC2)c1. The Morgan fingerprint density at radius 2 is 1.87 bits per heavy atom. The summed E-state index contributed by atoms with van der Waals surface area (Å²) in [5.41, 5.74) is 1.12. The van der Waals surface area contributed by atoms with E-state index < -0.39 is 0 Å². The predicted octanol–water partition coefficient (Wildman–Crippen LogP) is 2.54. The van der Waals surface area contributed by atoms with Crippen molar-refractivity contribution in [1.82, 2.24) is 4.90 Å². The lowest BCUT2D eigenvalue weighted by atomic mass is 10.2. The van der Waals surface area contributed by atoms with Crippen molar-refractivity contribution in [3.8, 4) is 6.07 Å². The number of likely N-dealkylation sites (tertiary alicyclic amines) is 1. The zero-order chi connectivity index (χ0) is 16.2. The van der Waals surface area contributed by atoms with Crippen LogP contribution < -0.4 is 5.32 Å². The molecule has 2 amide bonds. The minimum absolute atomic E-state index is 0.117. The summed E-state index contributed by atoms with van der Waals surface area (Å²) in [7, 11) is 0. The van der Waals surface area contributed by atoms with Crippen LogP contribution in [-0.2, 0) is 9.59 Å². The average Bonchev–Trinajstić information content (AvgIpc) is 3.38. The van der Waals surface area contributed by atoms with E-state index in [-0.39, 0.29) is 23.7 Å². The monoisotopic (exact) mass is 311 g/mol. The summed E-state index contributed by atoms with van der Waals surface area (Å²) in [6.07, 6.45) is 5.15. The lowest BCUT2D eigenvalue weighted by molar-refractivity contribution is -0.134. The molecule has 5 nitrogen and oxygen atoms in total. The lowest BCUT2D eigenvalue weighted by Gasteiger charge is -2.20. The molecule has 120 valence electrons. The van der Waals surface area contributed by atoms with Crippen molar-refractivity contribution in [3.05, 3.63) is 29.8 Å². The van der Waals surface area contributed by atoms with Crippen molar-refractivity contribution < 1.29 is 9.59 Å². The Balaban J connectivity index is 1.56. The topological polar surface area (TPSA) is 73.2 Å². The molecule has 0 bridgehead atoms. The molecule has 3 rings (SSSR count). The van der Waals surface area contributed by atoms with Crippen LogP contribution in [0.1, 0.15) is 37.7 Å². The van der Waals surface area contributed by atoms with Gasteiger partial charge in [0, 0.05) is 18.8 Å². The van der Waals surface area contributed by atoms with Crippen LogP contribution in [0.3, 0.4) is 0 Å². The Morgan fingerprint density at radius 3 is 2.57 bits per heavy atom. The number of nitrogens with zero attached hydrogens (tertiary/aromatic N) is 2. The van der Waals surface area contributed by atoms with Gasteiger partial charge < -0.3 is 10.2 Å². The predicted molar refractivity (Wildman–Crippen MR) is 86.4 cm³/mol. The normalized spacial score (nSPS) is 23.5. The summed E-state index contributed by atoms with van der Waals surface area (Å²) in [4.78, 5) is 26.7. The minimum atomic E-state index is -0.225. The third-order valence-electron chi connectivity index (χ3n) is 4.62. The summed E-state index contributed by atoms with van der Waals surface area (Å²) in [5.74, 6) is -0.366. The van der Waals surface area contributed by atoms with Gasteiger partial charge in [0.05, 0.1) is 23.5 Å². The highest BCUT2D eigenvalue weighted by atomic mass is 16.2. The molecule has 1 saturated heterocycles. The van der Waals surface area contributed by atoms with Crippen LogP contribution in [0.2, 0.25) is 0 Å². The van der Waals surface area contributed by atoms with Gasteiger partial charge in [0.15, 0.2) is 0 Å². The van der Waals surface area contributed by atoms with E-state index in [0.717, 1.165) is 25.9 Å². The molecule has 5 heteroatoms. The van der Waals surface area contributed by atoms with Crippen LogP contribution >= 0.6 is 0 Å². The van der Waals surface area contributed by atoms with Crippen molar-refractivity contribution in [3.63, 3.8) is 0 Å². The quantitative estimate of drug-likeness (QED) is 0.932. The van der Waals surface area contributed by atoms with Gasteiger partial charge in [-0.15, -0.1) is 0 Å². The molecule has 1 heterocycles. The van der Waals surface area contributed by atoms with E-state index in [4.69, 9.17) is 5.26 Å². The van der Waals surface area contributed by atoms with Crippen LogP contribution in [0.4, 0.5) is 5.69 Å². The Labute approximate surface area is 136 Å². The van der Waals surface area contributed by atoms with Gasteiger partial charge in [0.2, 0.25) is 11.8 Å². The van der Waals surface area contributed by atoms with Crippen molar-refractivity contribution in [2.45, 2.75) is 32.1 Å². The van der Waals surface area contributed by atoms with Crippen molar-refractivity contribution in [2.75, 3.05) is 18.4 Å².